The molecule has 1 aromatic carbocycles. The molecule has 0 saturated heterocycles. The van der Waals surface area contributed by atoms with Gasteiger partial charge in [-0.1, -0.05) is 38.7 Å². The summed E-state index contributed by atoms with van der Waals surface area (Å²) in [5.41, 5.74) is 2.76. The van der Waals surface area contributed by atoms with E-state index >= 15 is 0 Å². The van der Waals surface area contributed by atoms with Crippen molar-refractivity contribution in [1.29, 1.82) is 0 Å². The molecule has 1 unspecified atom stereocenters. The third-order valence-electron chi connectivity index (χ3n) is 4.35. The number of esters is 1. The first-order valence-corrected chi connectivity index (χ1v) is 9.73. The van der Waals surface area contributed by atoms with Gasteiger partial charge in [0.15, 0.2) is 0 Å². The van der Waals surface area contributed by atoms with Crippen molar-refractivity contribution in [3.8, 4) is 0 Å². The lowest BCUT2D eigenvalue weighted by atomic mass is 10.0. The molecule has 0 saturated carbocycles. The maximum Gasteiger partial charge on any atom is 0.340 e. The van der Waals surface area contributed by atoms with Gasteiger partial charge in [0, 0.05) is 0 Å². The predicted octanol–water partition coefficient (Wildman–Crippen LogP) is 4.37. The number of benzene rings is 1. The molecule has 5 heteroatoms. The Morgan fingerprint density at radius 1 is 1.08 bits per heavy atom. The van der Waals surface area contributed by atoms with Gasteiger partial charge in [0.05, 0.1) is 23.9 Å². The number of aryl methyl sites for hydroxylation is 2. The highest BCUT2D eigenvalue weighted by molar-refractivity contribution is 6.03. The zero-order valence-corrected chi connectivity index (χ0v) is 16.9. The summed E-state index contributed by atoms with van der Waals surface area (Å²) in [5, 5.41) is 6.16. The van der Waals surface area contributed by atoms with Crippen LogP contribution >= 0.6 is 0 Å². The second-order valence-corrected chi connectivity index (χ2v) is 6.80. The van der Waals surface area contributed by atoms with Crippen molar-refractivity contribution >= 4 is 17.6 Å². The first-order chi connectivity index (χ1) is 12.4. The van der Waals surface area contributed by atoms with E-state index in [-0.39, 0.29) is 11.9 Å². The van der Waals surface area contributed by atoms with E-state index in [1.165, 1.54) is 25.7 Å². The third kappa shape index (κ3) is 7.16. The molecule has 0 fully saturated rings. The molecule has 0 aliphatic heterocycles. The summed E-state index contributed by atoms with van der Waals surface area (Å²) in [6.07, 6.45) is 5.98. The van der Waals surface area contributed by atoms with E-state index in [1.807, 2.05) is 26.8 Å². The van der Waals surface area contributed by atoms with Gasteiger partial charge >= 0.3 is 5.97 Å². The normalized spacial score (nSPS) is 11.9. The predicted molar refractivity (Wildman–Crippen MR) is 107 cm³/mol. The van der Waals surface area contributed by atoms with Crippen LogP contribution in [-0.2, 0) is 9.53 Å². The van der Waals surface area contributed by atoms with Crippen LogP contribution in [0.25, 0.3) is 0 Å². The molecule has 1 aromatic rings. The maximum absolute atomic E-state index is 12.5. The van der Waals surface area contributed by atoms with E-state index in [0.717, 1.165) is 24.1 Å². The van der Waals surface area contributed by atoms with E-state index in [9.17, 15) is 9.59 Å². The highest BCUT2D eigenvalue weighted by Gasteiger charge is 2.20. The van der Waals surface area contributed by atoms with Crippen LogP contribution in [0.15, 0.2) is 12.1 Å². The van der Waals surface area contributed by atoms with Gasteiger partial charge in [0.1, 0.15) is 0 Å². The maximum atomic E-state index is 12.5. The molecule has 5 nitrogen and oxygen atoms in total. The number of anilines is 1. The number of carbonyl (C=O) groups is 2. The van der Waals surface area contributed by atoms with E-state index < -0.39 is 5.97 Å². The summed E-state index contributed by atoms with van der Waals surface area (Å²) in [5.74, 6) is -0.554. The molecule has 0 heterocycles. The van der Waals surface area contributed by atoms with Crippen molar-refractivity contribution in [2.45, 2.75) is 72.8 Å². The standard InChI is InChI=1S/C21H34N2O3/c1-6-8-9-10-11-12-22-17(5)20(24)23-19-16(4)13-15(3)14-18(19)21(25)26-7-2/h13-14,17,22H,6-12H2,1-5H3,(H,23,24). The van der Waals surface area contributed by atoms with Crippen molar-refractivity contribution in [2.24, 2.45) is 0 Å². The second-order valence-electron chi connectivity index (χ2n) is 6.80. The molecule has 146 valence electrons. The molecule has 0 spiro atoms. The zero-order valence-electron chi connectivity index (χ0n) is 16.9. The van der Waals surface area contributed by atoms with Gasteiger partial charge in [-0.05, 0) is 57.9 Å². The van der Waals surface area contributed by atoms with Crippen molar-refractivity contribution < 1.29 is 14.3 Å². The lowest BCUT2D eigenvalue weighted by Gasteiger charge is -2.18. The lowest BCUT2D eigenvalue weighted by molar-refractivity contribution is -0.117. The van der Waals surface area contributed by atoms with Crippen LogP contribution in [0.3, 0.4) is 0 Å². The Kier molecular flexibility index (Phi) is 9.96. The fourth-order valence-corrected chi connectivity index (χ4v) is 2.87. The van der Waals surface area contributed by atoms with Gasteiger partial charge in [0.25, 0.3) is 0 Å². The number of nitrogens with one attached hydrogen (secondary N) is 2. The molecule has 0 radical (unpaired) electrons. The van der Waals surface area contributed by atoms with Crippen molar-refractivity contribution in [1.82, 2.24) is 5.32 Å². The van der Waals surface area contributed by atoms with E-state index in [4.69, 9.17) is 4.74 Å². The molecule has 1 atom stereocenters. The molecular weight excluding hydrogens is 328 g/mol. The molecule has 26 heavy (non-hydrogen) atoms. The van der Waals surface area contributed by atoms with Gasteiger partial charge < -0.3 is 15.4 Å². The Bertz CT molecular complexity index is 599. The summed E-state index contributed by atoms with van der Waals surface area (Å²) in [6.45, 7) is 10.7. The first kappa shape index (κ1) is 22.2. The fourth-order valence-electron chi connectivity index (χ4n) is 2.87. The molecule has 1 amide bonds. The lowest BCUT2D eigenvalue weighted by Crippen LogP contribution is -2.39. The smallest absolute Gasteiger partial charge is 0.340 e. The third-order valence-corrected chi connectivity index (χ3v) is 4.35. The Morgan fingerprint density at radius 3 is 2.42 bits per heavy atom. The van der Waals surface area contributed by atoms with Crippen LogP contribution in [0.4, 0.5) is 5.69 Å². The Morgan fingerprint density at radius 2 is 1.77 bits per heavy atom. The van der Waals surface area contributed by atoms with Crippen LogP contribution in [-0.4, -0.2) is 31.1 Å². The Balaban J connectivity index is 2.69. The second kappa shape index (κ2) is 11.7. The number of unbranched alkanes of at least 4 members (excludes halogenated alkanes) is 4. The SMILES string of the molecule is CCCCCCCNC(C)C(=O)Nc1c(C)cc(C)cc1C(=O)OCC. The van der Waals surface area contributed by atoms with Crippen LogP contribution in [0.2, 0.25) is 0 Å². The number of ether oxygens (including phenoxy) is 1. The number of carbonyl (C=O) groups excluding carboxylic acids is 2. The van der Waals surface area contributed by atoms with Gasteiger partial charge in [-0.25, -0.2) is 4.79 Å². The summed E-state index contributed by atoms with van der Waals surface area (Å²) in [7, 11) is 0. The number of hydrogen-bond acceptors (Lipinski definition) is 4. The highest BCUT2D eigenvalue weighted by atomic mass is 16.5. The topological polar surface area (TPSA) is 67.4 Å². The molecule has 0 aromatic heterocycles. The molecular formula is C21H34N2O3. The largest absolute Gasteiger partial charge is 0.462 e. The molecule has 0 aliphatic carbocycles. The van der Waals surface area contributed by atoms with Gasteiger partial charge in [-0.3, -0.25) is 4.79 Å². The monoisotopic (exact) mass is 362 g/mol. The van der Waals surface area contributed by atoms with Crippen molar-refractivity contribution in [2.75, 3.05) is 18.5 Å². The Labute approximate surface area is 157 Å². The Hall–Kier alpha value is -1.88. The van der Waals surface area contributed by atoms with Gasteiger partial charge in [-0.2, -0.15) is 0 Å². The zero-order chi connectivity index (χ0) is 19.5. The number of amides is 1. The number of hydrogen-bond donors (Lipinski definition) is 2. The van der Waals surface area contributed by atoms with Crippen LogP contribution in [0, 0.1) is 13.8 Å². The minimum atomic E-state index is -0.411. The summed E-state index contributed by atoms with van der Waals surface area (Å²) in [6, 6.07) is 3.38. The van der Waals surface area contributed by atoms with Crippen molar-refractivity contribution in [3.63, 3.8) is 0 Å². The van der Waals surface area contributed by atoms with Gasteiger partial charge in [0.2, 0.25) is 5.91 Å². The van der Waals surface area contributed by atoms with Crippen LogP contribution < -0.4 is 10.6 Å². The number of rotatable bonds is 11. The molecule has 0 bridgehead atoms. The van der Waals surface area contributed by atoms with E-state index in [2.05, 4.69) is 17.6 Å². The minimum Gasteiger partial charge on any atom is -0.462 e. The minimum absolute atomic E-state index is 0.143. The summed E-state index contributed by atoms with van der Waals surface area (Å²) < 4.78 is 5.13. The molecule has 0 aliphatic rings. The summed E-state index contributed by atoms with van der Waals surface area (Å²) >= 11 is 0. The molecule has 2 N–H and O–H groups in total. The van der Waals surface area contributed by atoms with Crippen LogP contribution in [0.5, 0.6) is 0 Å². The average Bonchev–Trinajstić information content (AvgIpc) is 2.59. The van der Waals surface area contributed by atoms with Gasteiger partial charge in [-0.15, -0.1) is 0 Å². The summed E-state index contributed by atoms with van der Waals surface area (Å²) in [4.78, 5) is 24.8. The quantitative estimate of drug-likeness (QED) is 0.453. The first-order valence-electron chi connectivity index (χ1n) is 9.73. The fraction of sp³-hybridized carbons (Fsp3) is 0.619. The van der Waals surface area contributed by atoms with Crippen molar-refractivity contribution in [3.05, 3.63) is 28.8 Å². The van der Waals surface area contributed by atoms with Crippen LogP contribution in [0.1, 0.15) is 74.4 Å². The van der Waals surface area contributed by atoms with E-state index in [1.54, 1.807) is 13.0 Å². The average molecular weight is 363 g/mol. The molecule has 1 rings (SSSR count). The highest BCUT2D eigenvalue weighted by Crippen LogP contribution is 2.24. The van der Waals surface area contributed by atoms with E-state index in [0.29, 0.717) is 17.9 Å².